The molecule has 0 fully saturated rings. The normalized spacial score (nSPS) is 12.1. The van der Waals surface area contributed by atoms with Gasteiger partial charge in [-0.1, -0.05) is 315 Å². The fraction of sp³-hybridized carbons (Fsp3) is 0.897. The van der Waals surface area contributed by atoms with Crippen LogP contribution in [0.2, 0.25) is 0 Å². The Balaban J connectivity index is 4.04. The summed E-state index contributed by atoms with van der Waals surface area (Å²) in [6.07, 6.45) is 76.6. The highest BCUT2D eigenvalue weighted by Gasteiger charge is 2.19. The van der Waals surface area contributed by atoms with E-state index in [9.17, 15) is 14.4 Å². The van der Waals surface area contributed by atoms with E-state index in [1.807, 2.05) is 0 Å². The van der Waals surface area contributed by atoms with Crippen LogP contribution in [0.3, 0.4) is 0 Å². The van der Waals surface area contributed by atoms with Gasteiger partial charge in [-0.2, -0.15) is 0 Å². The van der Waals surface area contributed by atoms with Crippen molar-refractivity contribution in [3.05, 3.63) is 24.3 Å². The van der Waals surface area contributed by atoms with Crippen LogP contribution in [0.25, 0.3) is 0 Å². The Hall–Kier alpha value is -2.11. The third-order valence-electron chi connectivity index (χ3n) is 15.2. The Morgan fingerprint density at radius 3 is 0.730 bits per heavy atom. The quantitative estimate of drug-likeness (QED) is 0.0261. The Morgan fingerprint density at radius 2 is 0.473 bits per heavy atom. The molecule has 1 atom stereocenters. The van der Waals surface area contributed by atoms with Crippen molar-refractivity contribution in [2.24, 2.45) is 0 Å². The summed E-state index contributed by atoms with van der Waals surface area (Å²) in [5.74, 6) is -0.871. The number of unbranched alkanes of at least 4 members (excludes halogenated alkanes) is 47. The topological polar surface area (TPSA) is 78.9 Å². The number of allylic oxidation sites excluding steroid dienone is 4. The average Bonchev–Trinajstić information content (AvgIpc) is 3.40. The molecule has 1 unspecified atom stereocenters. The highest BCUT2D eigenvalue weighted by molar-refractivity contribution is 5.71. The van der Waals surface area contributed by atoms with Crippen molar-refractivity contribution in [3.8, 4) is 0 Å². The number of carbonyl (C=O) groups excluding carboxylic acids is 3. The van der Waals surface area contributed by atoms with Crippen LogP contribution in [0.5, 0.6) is 0 Å². The molecule has 0 radical (unpaired) electrons. The van der Waals surface area contributed by atoms with Crippen LogP contribution < -0.4 is 0 Å². The van der Waals surface area contributed by atoms with Gasteiger partial charge in [-0.25, -0.2) is 0 Å². The standard InChI is InChI=1S/C68H128O6/c1-4-7-10-13-16-19-22-24-26-27-28-29-30-31-32-33-34-35-36-37-38-39-40-41-43-44-46-49-52-55-58-61-67(70)73-64-65(63-72-66(69)60-57-54-51-48-21-18-15-12-9-6-3)74-68(71)62-59-56-53-50-47-45-42-25-23-20-17-14-11-8-5-2/h12,15,25,42,65H,4-11,13-14,16-24,26-41,43-64H2,1-3H3/b15-12-,42-25-. The van der Waals surface area contributed by atoms with Gasteiger partial charge < -0.3 is 14.2 Å². The highest BCUT2D eigenvalue weighted by atomic mass is 16.6. The SMILES string of the molecule is CCC/C=C\CCCCCCCC(=O)OCC(COC(=O)CCCCCCCCCCCCCCCCCCCCCCCCCCCCCCCCC)OC(=O)CCCCCCC/C=C\CCCCCCCC. The summed E-state index contributed by atoms with van der Waals surface area (Å²) in [4.78, 5) is 38.2. The number of ether oxygens (including phenoxy) is 3. The van der Waals surface area contributed by atoms with Crippen LogP contribution in [0.1, 0.15) is 374 Å². The molecule has 0 rings (SSSR count). The third-order valence-corrected chi connectivity index (χ3v) is 15.2. The zero-order chi connectivity index (χ0) is 53.6. The second-order valence-corrected chi connectivity index (χ2v) is 22.7. The minimum atomic E-state index is -0.775. The Bertz CT molecular complexity index is 1190. The molecule has 0 aromatic rings. The molecule has 0 N–H and O–H groups in total. The van der Waals surface area contributed by atoms with Gasteiger partial charge in [0, 0.05) is 19.3 Å². The smallest absolute Gasteiger partial charge is 0.306 e. The van der Waals surface area contributed by atoms with Gasteiger partial charge in [-0.3, -0.25) is 14.4 Å². The van der Waals surface area contributed by atoms with Crippen molar-refractivity contribution in [2.45, 2.75) is 380 Å². The molecule has 0 aliphatic heterocycles. The first-order chi connectivity index (χ1) is 36.5. The minimum Gasteiger partial charge on any atom is -0.462 e. The second-order valence-electron chi connectivity index (χ2n) is 22.7. The average molecular weight is 1040 g/mol. The van der Waals surface area contributed by atoms with Crippen LogP contribution in [-0.2, 0) is 28.6 Å². The van der Waals surface area contributed by atoms with E-state index in [1.165, 1.54) is 257 Å². The first-order valence-corrected chi connectivity index (χ1v) is 33.3. The molecule has 0 amide bonds. The zero-order valence-corrected chi connectivity index (χ0v) is 50.1. The van der Waals surface area contributed by atoms with Gasteiger partial charge in [0.25, 0.3) is 0 Å². The fourth-order valence-electron chi connectivity index (χ4n) is 10.2. The lowest BCUT2D eigenvalue weighted by molar-refractivity contribution is -0.167. The molecule has 0 aliphatic rings. The van der Waals surface area contributed by atoms with Gasteiger partial charge >= 0.3 is 17.9 Å². The molecule has 0 spiro atoms. The summed E-state index contributed by atoms with van der Waals surface area (Å²) in [7, 11) is 0. The molecule has 436 valence electrons. The lowest BCUT2D eigenvalue weighted by Crippen LogP contribution is -2.30. The molecule has 6 heteroatoms. The van der Waals surface area contributed by atoms with Gasteiger partial charge in [-0.05, 0) is 64.2 Å². The first kappa shape index (κ1) is 71.9. The van der Waals surface area contributed by atoms with Crippen molar-refractivity contribution in [3.63, 3.8) is 0 Å². The Labute approximate surface area is 462 Å². The number of rotatable bonds is 62. The fourth-order valence-corrected chi connectivity index (χ4v) is 10.2. The zero-order valence-electron chi connectivity index (χ0n) is 50.1. The monoisotopic (exact) mass is 1040 g/mol. The number of hydrogen-bond acceptors (Lipinski definition) is 6. The van der Waals surface area contributed by atoms with Gasteiger partial charge in [0.1, 0.15) is 13.2 Å². The number of esters is 3. The predicted octanol–water partition coefficient (Wildman–Crippen LogP) is 22.6. The van der Waals surface area contributed by atoms with Crippen LogP contribution in [-0.4, -0.2) is 37.2 Å². The number of carbonyl (C=O) groups is 3. The van der Waals surface area contributed by atoms with E-state index in [0.29, 0.717) is 19.3 Å². The summed E-state index contributed by atoms with van der Waals surface area (Å²) in [5.41, 5.74) is 0. The summed E-state index contributed by atoms with van der Waals surface area (Å²) in [5, 5.41) is 0. The van der Waals surface area contributed by atoms with Gasteiger partial charge in [0.15, 0.2) is 6.10 Å². The molecular weight excluding hydrogens is 913 g/mol. The molecule has 0 aromatic heterocycles. The van der Waals surface area contributed by atoms with Crippen molar-refractivity contribution < 1.29 is 28.6 Å². The molecule has 0 aromatic carbocycles. The van der Waals surface area contributed by atoms with E-state index in [1.54, 1.807) is 0 Å². The molecule has 0 saturated carbocycles. The van der Waals surface area contributed by atoms with E-state index in [2.05, 4.69) is 45.1 Å². The van der Waals surface area contributed by atoms with Crippen molar-refractivity contribution in [1.29, 1.82) is 0 Å². The maximum Gasteiger partial charge on any atom is 0.306 e. The largest absolute Gasteiger partial charge is 0.462 e. The minimum absolute atomic E-state index is 0.0729. The van der Waals surface area contributed by atoms with Gasteiger partial charge in [-0.15, -0.1) is 0 Å². The molecule has 0 aliphatic carbocycles. The molecule has 0 heterocycles. The van der Waals surface area contributed by atoms with Crippen molar-refractivity contribution in [2.75, 3.05) is 13.2 Å². The maximum absolute atomic E-state index is 12.8. The predicted molar refractivity (Wildman–Crippen MR) is 321 cm³/mol. The molecule has 0 saturated heterocycles. The Morgan fingerprint density at radius 1 is 0.257 bits per heavy atom. The molecule has 6 nitrogen and oxygen atoms in total. The lowest BCUT2D eigenvalue weighted by Gasteiger charge is -2.18. The summed E-state index contributed by atoms with van der Waals surface area (Å²) >= 11 is 0. The van der Waals surface area contributed by atoms with Crippen molar-refractivity contribution >= 4 is 17.9 Å². The van der Waals surface area contributed by atoms with Crippen LogP contribution in [0.4, 0.5) is 0 Å². The summed E-state index contributed by atoms with van der Waals surface area (Å²) < 4.78 is 16.9. The Kier molecular flexibility index (Phi) is 61.6. The van der Waals surface area contributed by atoms with E-state index in [0.717, 1.165) is 77.0 Å². The van der Waals surface area contributed by atoms with Crippen LogP contribution in [0.15, 0.2) is 24.3 Å². The van der Waals surface area contributed by atoms with E-state index in [4.69, 9.17) is 14.2 Å². The van der Waals surface area contributed by atoms with Gasteiger partial charge in [0.2, 0.25) is 0 Å². The third kappa shape index (κ3) is 60.8. The highest BCUT2D eigenvalue weighted by Crippen LogP contribution is 2.18. The summed E-state index contributed by atoms with van der Waals surface area (Å²) in [6, 6.07) is 0. The van der Waals surface area contributed by atoms with E-state index in [-0.39, 0.29) is 31.1 Å². The lowest BCUT2D eigenvalue weighted by atomic mass is 10.0. The maximum atomic E-state index is 12.8. The molecule has 0 bridgehead atoms. The first-order valence-electron chi connectivity index (χ1n) is 33.3. The molecule has 74 heavy (non-hydrogen) atoms. The van der Waals surface area contributed by atoms with E-state index < -0.39 is 6.10 Å². The number of hydrogen-bond donors (Lipinski definition) is 0. The van der Waals surface area contributed by atoms with Crippen LogP contribution in [0, 0.1) is 0 Å². The molecular formula is C68H128O6. The van der Waals surface area contributed by atoms with Crippen LogP contribution >= 0.6 is 0 Å². The van der Waals surface area contributed by atoms with Crippen molar-refractivity contribution in [1.82, 2.24) is 0 Å². The second kappa shape index (κ2) is 63.4. The summed E-state index contributed by atoms with van der Waals surface area (Å²) in [6.45, 7) is 6.62. The van der Waals surface area contributed by atoms with E-state index >= 15 is 0 Å². The van der Waals surface area contributed by atoms with Gasteiger partial charge in [0.05, 0.1) is 0 Å².